The molecule has 2 heterocycles. The topological polar surface area (TPSA) is 29.0 Å². The molecule has 1 aromatic rings. The first-order chi connectivity index (χ1) is 7.81. The Morgan fingerprint density at radius 1 is 1.50 bits per heavy atom. The number of aromatic nitrogens is 2. The van der Waals surface area contributed by atoms with Crippen molar-refractivity contribution in [3.63, 3.8) is 0 Å². The van der Waals surface area contributed by atoms with Crippen LogP contribution in [0.1, 0.15) is 31.4 Å². The van der Waals surface area contributed by atoms with Gasteiger partial charge >= 0.3 is 0 Å². The molecule has 0 aromatic carbocycles. The van der Waals surface area contributed by atoms with Crippen LogP contribution in [0.15, 0.2) is 12.3 Å². The fourth-order valence-corrected chi connectivity index (χ4v) is 2.79. The summed E-state index contributed by atoms with van der Waals surface area (Å²) in [5.41, 5.74) is 1.05. The third-order valence-electron chi connectivity index (χ3n) is 3.11. The van der Waals surface area contributed by atoms with Crippen LogP contribution in [-0.4, -0.2) is 27.9 Å². The number of halogens is 1. The van der Waals surface area contributed by atoms with Crippen LogP contribution in [0.5, 0.6) is 0 Å². The van der Waals surface area contributed by atoms with E-state index in [0.717, 1.165) is 23.5 Å². The summed E-state index contributed by atoms with van der Waals surface area (Å²) in [4.78, 5) is 11.3. The summed E-state index contributed by atoms with van der Waals surface area (Å²) < 4.78 is 0. The molecule has 0 saturated carbocycles. The van der Waals surface area contributed by atoms with Gasteiger partial charge in [0.15, 0.2) is 0 Å². The van der Waals surface area contributed by atoms with Gasteiger partial charge in [-0.15, -0.1) is 0 Å². The first-order valence-electron chi connectivity index (χ1n) is 5.93. The summed E-state index contributed by atoms with van der Waals surface area (Å²) in [5, 5.41) is 1.06. The van der Waals surface area contributed by atoms with Crippen LogP contribution < -0.4 is 4.90 Å². The summed E-state index contributed by atoms with van der Waals surface area (Å²) in [5.74, 6) is 0.908. The normalized spacial score (nSPS) is 21.1. The number of piperidine rings is 1. The number of hydrogen-bond acceptors (Lipinski definition) is 3. The molecule has 3 nitrogen and oxygen atoms in total. The van der Waals surface area contributed by atoms with E-state index in [9.17, 15) is 0 Å². The molecule has 0 amide bonds. The SMILES string of the molecule is Cc1ccnc(N2CCCCC2CCBr)n1. The molecule has 88 valence electrons. The molecule has 1 aromatic heterocycles. The van der Waals surface area contributed by atoms with E-state index in [0.29, 0.717) is 6.04 Å². The van der Waals surface area contributed by atoms with Gasteiger partial charge in [-0.2, -0.15) is 0 Å². The lowest BCUT2D eigenvalue weighted by Gasteiger charge is -2.35. The molecule has 2 rings (SSSR count). The Morgan fingerprint density at radius 2 is 2.38 bits per heavy atom. The van der Waals surface area contributed by atoms with Crippen molar-refractivity contribution in [2.45, 2.75) is 38.6 Å². The quantitative estimate of drug-likeness (QED) is 0.799. The zero-order valence-corrected chi connectivity index (χ0v) is 11.3. The maximum atomic E-state index is 4.53. The molecule has 1 saturated heterocycles. The van der Waals surface area contributed by atoms with E-state index in [4.69, 9.17) is 0 Å². The Balaban J connectivity index is 2.16. The molecule has 16 heavy (non-hydrogen) atoms. The Hall–Kier alpha value is -0.640. The van der Waals surface area contributed by atoms with Gasteiger partial charge in [0.25, 0.3) is 0 Å². The van der Waals surface area contributed by atoms with Crippen molar-refractivity contribution in [2.75, 3.05) is 16.8 Å². The fraction of sp³-hybridized carbons (Fsp3) is 0.667. The highest BCUT2D eigenvalue weighted by molar-refractivity contribution is 9.09. The Morgan fingerprint density at radius 3 is 3.12 bits per heavy atom. The van der Waals surface area contributed by atoms with Gasteiger partial charge < -0.3 is 4.90 Å². The second-order valence-corrected chi connectivity index (χ2v) is 5.11. The smallest absolute Gasteiger partial charge is 0.225 e. The predicted molar refractivity (Wildman–Crippen MR) is 70.2 cm³/mol. The minimum Gasteiger partial charge on any atom is -0.338 e. The van der Waals surface area contributed by atoms with Crippen molar-refractivity contribution in [1.29, 1.82) is 0 Å². The van der Waals surface area contributed by atoms with Crippen molar-refractivity contribution in [3.05, 3.63) is 18.0 Å². The number of rotatable bonds is 3. The van der Waals surface area contributed by atoms with E-state index in [1.807, 2.05) is 19.2 Å². The molecule has 1 aliphatic heterocycles. The van der Waals surface area contributed by atoms with Gasteiger partial charge in [0.1, 0.15) is 0 Å². The van der Waals surface area contributed by atoms with Crippen molar-refractivity contribution < 1.29 is 0 Å². The molecule has 0 N–H and O–H groups in total. The van der Waals surface area contributed by atoms with Crippen LogP contribution in [0.4, 0.5) is 5.95 Å². The van der Waals surface area contributed by atoms with Gasteiger partial charge in [0, 0.05) is 29.8 Å². The second-order valence-electron chi connectivity index (χ2n) is 4.32. The van der Waals surface area contributed by atoms with Crippen LogP contribution in [-0.2, 0) is 0 Å². The number of nitrogens with zero attached hydrogens (tertiary/aromatic N) is 3. The van der Waals surface area contributed by atoms with Crippen LogP contribution in [0, 0.1) is 6.92 Å². The van der Waals surface area contributed by atoms with Gasteiger partial charge in [0.05, 0.1) is 0 Å². The summed E-state index contributed by atoms with van der Waals surface area (Å²) in [6.07, 6.45) is 6.90. The van der Waals surface area contributed by atoms with E-state index in [1.165, 1.54) is 25.7 Å². The molecule has 1 aliphatic rings. The van der Waals surface area contributed by atoms with E-state index < -0.39 is 0 Å². The molecule has 0 bridgehead atoms. The van der Waals surface area contributed by atoms with Crippen LogP contribution in [0.3, 0.4) is 0 Å². The molecular weight excluding hydrogens is 266 g/mol. The van der Waals surface area contributed by atoms with Gasteiger partial charge in [-0.1, -0.05) is 15.9 Å². The van der Waals surface area contributed by atoms with Gasteiger partial charge in [-0.3, -0.25) is 0 Å². The van der Waals surface area contributed by atoms with E-state index in [2.05, 4.69) is 30.8 Å². The van der Waals surface area contributed by atoms with Crippen LogP contribution in [0.25, 0.3) is 0 Å². The monoisotopic (exact) mass is 283 g/mol. The third-order valence-corrected chi connectivity index (χ3v) is 3.57. The lowest BCUT2D eigenvalue weighted by molar-refractivity contribution is 0.445. The standard InChI is InChI=1S/C12H18BrN3/c1-10-6-8-14-12(15-10)16-9-3-2-4-11(16)5-7-13/h6,8,11H,2-5,7,9H2,1H3. The molecule has 1 fully saturated rings. The predicted octanol–water partition coefficient (Wildman–Crippen LogP) is 2.93. The average molecular weight is 284 g/mol. The highest BCUT2D eigenvalue weighted by Crippen LogP contribution is 2.24. The summed E-state index contributed by atoms with van der Waals surface area (Å²) in [7, 11) is 0. The van der Waals surface area contributed by atoms with Gasteiger partial charge in [-0.05, 0) is 38.7 Å². The highest BCUT2D eigenvalue weighted by Gasteiger charge is 2.23. The van der Waals surface area contributed by atoms with Crippen LogP contribution >= 0.6 is 15.9 Å². The largest absolute Gasteiger partial charge is 0.338 e. The van der Waals surface area contributed by atoms with Crippen LogP contribution in [0.2, 0.25) is 0 Å². The summed E-state index contributed by atoms with van der Waals surface area (Å²) in [6, 6.07) is 2.56. The number of alkyl halides is 1. The summed E-state index contributed by atoms with van der Waals surface area (Å²) >= 11 is 3.53. The van der Waals surface area contributed by atoms with E-state index in [1.54, 1.807) is 0 Å². The lowest BCUT2D eigenvalue weighted by Crippen LogP contribution is -2.41. The average Bonchev–Trinajstić information content (AvgIpc) is 2.30. The Kier molecular flexibility index (Phi) is 4.16. The zero-order chi connectivity index (χ0) is 11.4. The molecule has 1 atom stereocenters. The van der Waals surface area contributed by atoms with Gasteiger partial charge in [-0.25, -0.2) is 9.97 Å². The van der Waals surface area contributed by atoms with Crippen molar-refractivity contribution in [2.24, 2.45) is 0 Å². The molecule has 1 unspecified atom stereocenters. The van der Waals surface area contributed by atoms with Gasteiger partial charge in [0.2, 0.25) is 5.95 Å². The molecular formula is C12H18BrN3. The van der Waals surface area contributed by atoms with E-state index in [-0.39, 0.29) is 0 Å². The second kappa shape index (κ2) is 5.62. The molecule has 0 aliphatic carbocycles. The first kappa shape index (κ1) is 11.8. The zero-order valence-electron chi connectivity index (χ0n) is 9.69. The lowest BCUT2D eigenvalue weighted by atomic mass is 10.0. The van der Waals surface area contributed by atoms with Crippen molar-refractivity contribution >= 4 is 21.9 Å². The molecule has 0 spiro atoms. The minimum absolute atomic E-state index is 0.606. The van der Waals surface area contributed by atoms with E-state index >= 15 is 0 Å². The molecule has 4 heteroatoms. The maximum absolute atomic E-state index is 4.53. The number of aryl methyl sites for hydroxylation is 1. The summed E-state index contributed by atoms with van der Waals surface area (Å²) in [6.45, 7) is 3.12. The third kappa shape index (κ3) is 2.73. The molecule has 0 radical (unpaired) electrons. The Labute approximate surface area is 105 Å². The fourth-order valence-electron chi connectivity index (χ4n) is 2.26. The minimum atomic E-state index is 0.606. The number of hydrogen-bond donors (Lipinski definition) is 0. The maximum Gasteiger partial charge on any atom is 0.225 e. The first-order valence-corrected chi connectivity index (χ1v) is 7.05. The van der Waals surface area contributed by atoms with Crippen molar-refractivity contribution in [1.82, 2.24) is 9.97 Å². The Bertz CT molecular complexity index is 341. The number of anilines is 1. The van der Waals surface area contributed by atoms with Crippen molar-refractivity contribution in [3.8, 4) is 0 Å². The highest BCUT2D eigenvalue weighted by atomic mass is 79.9.